The molecule has 0 saturated carbocycles. The van der Waals surface area contributed by atoms with Crippen molar-refractivity contribution >= 4 is 21.5 Å². The molecule has 0 fully saturated rings. The second kappa shape index (κ2) is 8.50. The Balaban J connectivity index is 2.03. The summed E-state index contributed by atoms with van der Waals surface area (Å²) in [6.07, 6.45) is -5.76. The number of alkyl halides is 3. The molecule has 0 heterocycles. The molecule has 0 amide bonds. The van der Waals surface area contributed by atoms with Crippen molar-refractivity contribution in [3.63, 3.8) is 0 Å². The van der Waals surface area contributed by atoms with Gasteiger partial charge in [-0.25, -0.2) is 30.7 Å². The molecule has 0 aliphatic heterocycles. The summed E-state index contributed by atoms with van der Waals surface area (Å²) in [6.45, 7) is 0. The Morgan fingerprint density at radius 1 is 0.459 bits per heavy atom. The number of hydrogen-bond acceptors (Lipinski definition) is 0. The summed E-state index contributed by atoms with van der Waals surface area (Å²) in [5.41, 5.74) is -4.95. The predicted molar refractivity (Wildman–Crippen MR) is 117 cm³/mol. The van der Waals surface area contributed by atoms with Crippen LogP contribution in [-0.2, 0) is 6.18 Å². The highest BCUT2D eigenvalue weighted by Gasteiger charge is 2.43. The molecule has 0 atom stereocenters. The Labute approximate surface area is 201 Å². The van der Waals surface area contributed by atoms with Crippen LogP contribution in [0.1, 0.15) is 5.56 Å². The zero-order valence-corrected chi connectivity index (χ0v) is 18.1. The molecule has 0 aromatic heterocycles. The van der Waals surface area contributed by atoms with Crippen molar-refractivity contribution in [3.05, 3.63) is 107 Å². The lowest BCUT2D eigenvalue weighted by Crippen LogP contribution is -2.16. The van der Waals surface area contributed by atoms with Gasteiger partial charge in [0.2, 0.25) is 0 Å². The van der Waals surface area contributed by atoms with Gasteiger partial charge in [0.1, 0.15) is 11.4 Å². The van der Waals surface area contributed by atoms with E-state index in [0.29, 0.717) is 0 Å². The molecule has 5 aromatic rings. The molecule has 0 saturated heterocycles. The minimum atomic E-state index is -5.76. The lowest BCUT2D eigenvalue weighted by atomic mass is 9.85. The molecular formula is C27H10F10. The van der Waals surface area contributed by atoms with E-state index in [1.807, 2.05) is 0 Å². The second-order valence-corrected chi connectivity index (χ2v) is 8.09. The summed E-state index contributed by atoms with van der Waals surface area (Å²) < 4.78 is 142. The maximum absolute atomic E-state index is 15.3. The molecule has 37 heavy (non-hydrogen) atoms. The predicted octanol–water partition coefficient (Wildman–Crippen LogP) is 9.32. The van der Waals surface area contributed by atoms with Crippen LogP contribution in [0.4, 0.5) is 43.9 Å². The number of halogens is 10. The van der Waals surface area contributed by atoms with Crippen molar-refractivity contribution < 1.29 is 43.9 Å². The standard InChI is InChI=1S/C27H10F10/c28-15-9-8-11(10-17(15)30)18-12-4-1-2-5-13(12)20(19-14(18)6-3-7-16(19)29)21-23(31)25(33)22(27(35,36)37)26(34)24(21)32/h1-10H. The van der Waals surface area contributed by atoms with Crippen LogP contribution in [0.2, 0.25) is 0 Å². The van der Waals surface area contributed by atoms with Gasteiger partial charge in [-0.1, -0.05) is 42.5 Å². The number of hydrogen-bond donors (Lipinski definition) is 0. The van der Waals surface area contributed by atoms with Gasteiger partial charge in [-0.15, -0.1) is 0 Å². The zero-order chi connectivity index (χ0) is 26.8. The average Bonchev–Trinajstić information content (AvgIpc) is 2.84. The normalized spacial score (nSPS) is 12.1. The van der Waals surface area contributed by atoms with Crippen LogP contribution in [0.25, 0.3) is 43.8 Å². The van der Waals surface area contributed by atoms with E-state index in [9.17, 15) is 30.7 Å². The topological polar surface area (TPSA) is 0 Å². The van der Waals surface area contributed by atoms with Crippen LogP contribution < -0.4 is 0 Å². The van der Waals surface area contributed by atoms with E-state index in [-0.39, 0.29) is 27.3 Å². The maximum Gasteiger partial charge on any atom is 0.422 e. The van der Waals surface area contributed by atoms with E-state index in [4.69, 9.17) is 0 Å². The van der Waals surface area contributed by atoms with Gasteiger partial charge < -0.3 is 0 Å². The van der Waals surface area contributed by atoms with Gasteiger partial charge in [-0.05, 0) is 45.5 Å². The van der Waals surface area contributed by atoms with Crippen LogP contribution >= 0.6 is 0 Å². The third kappa shape index (κ3) is 3.70. The van der Waals surface area contributed by atoms with Crippen molar-refractivity contribution in [2.45, 2.75) is 6.18 Å². The maximum atomic E-state index is 15.3. The smallest absolute Gasteiger partial charge is 0.206 e. The molecule has 0 unspecified atom stereocenters. The molecule has 5 rings (SSSR count). The Kier molecular flexibility index (Phi) is 5.65. The second-order valence-electron chi connectivity index (χ2n) is 8.09. The van der Waals surface area contributed by atoms with Crippen molar-refractivity contribution in [1.29, 1.82) is 0 Å². The van der Waals surface area contributed by atoms with Crippen molar-refractivity contribution in [2.24, 2.45) is 0 Å². The Hall–Kier alpha value is -4.08. The number of benzene rings is 5. The Morgan fingerprint density at radius 2 is 1.03 bits per heavy atom. The van der Waals surface area contributed by atoms with Gasteiger partial charge in [0.25, 0.3) is 0 Å². The fraction of sp³-hybridized carbons (Fsp3) is 0.0370. The van der Waals surface area contributed by atoms with Crippen LogP contribution in [0.3, 0.4) is 0 Å². The van der Waals surface area contributed by atoms with E-state index >= 15 is 13.2 Å². The van der Waals surface area contributed by atoms with E-state index < -0.39 is 69.0 Å². The van der Waals surface area contributed by atoms with Gasteiger partial charge in [0.15, 0.2) is 34.9 Å². The largest absolute Gasteiger partial charge is 0.422 e. The van der Waals surface area contributed by atoms with Crippen molar-refractivity contribution in [2.75, 3.05) is 0 Å². The molecule has 0 bridgehead atoms. The molecular weight excluding hydrogens is 514 g/mol. The minimum absolute atomic E-state index is 0.0305. The molecule has 10 heteroatoms. The van der Waals surface area contributed by atoms with Gasteiger partial charge >= 0.3 is 6.18 Å². The van der Waals surface area contributed by atoms with Crippen LogP contribution in [0, 0.1) is 40.7 Å². The first-order valence-corrected chi connectivity index (χ1v) is 10.4. The average molecular weight is 524 g/mol. The molecule has 0 aliphatic carbocycles. The van der Waals surface area contributed by atoms with Crippen LogP contribution in [-0.4, -0.2) is 0 Å². The summed E-state index contributed by atoms with van der Waals surface area (Å²) in [7, 11) is 0. The van der Waals surface area contributed by atoms with Gasteiger partial charge in [0.05, 0.1) is 5.56 Å². The van der Waals surface area contributed by atoms with Gasteiger partial charge in [0, 0.05) is 10.9 Å². The lowest BCUT2D eigenvalue weighted by Gasteiger charge is -2.20. The summed E-state index contributed by atoms with van der Waals surface area (Å²) in [5, 5.41) is -0.867. The van der Waals surface area contributed by atoms with Crippen LogP contribution in [0.15, 0.2) is 60.7 Å². The highest BCUT2D eigenvalue weighted by Crippen LogP contribution is 2.48. The van der Waals surface area contributed by atoms with E-state index in [1.165, 1.54) is 42.5 Å². The highest BCUT2D eigenvalue weighted by atomic mass is 19.4. The monoisotopic (exact) mass is 524 g/mol. The molecule has 0 radical (unpaired) electrons. The van der Waals surface area contributed by atoms with Gasteiger partial charge in [-0.3, -0.25) is 0 Å². The third-order valence-electron chi connectivity index (χ3n) is 6.00. The van der Waals surface area contributed by atoms with Gasteiger partial charge in [-0.2, -0.15) is 13.2 Å². The van der Waals surface area contributed by atoms with E-state index in [2.05, 4.69) is 0 Å². The summed E-state index contributed by atoms with van der Waals surface area (Å²) in [6, 6.07) is 11.4. The van der Waals surface area contributed by atoms with Crippen molar-refractivity contribution in [1.82, 2.24) is 0 Å². The summed E-state index contributed by atoms with van der Waals surface area (Å²) in [5.74, 6) is -13.7. The minimum Gasteiger partial charge on any atom is -0.206 e. The molecule has 5 aromatic carbocycles. The van der Waals surface area contributed by atoms with E-state index in [1.54, 1.807) is 0 Å². The first kappa shape index (κ1) is 24.6. The first-order valence-electron chi connectivity index (χ1n) is 10.4. The fourth-order valence-corrected chi connectivity index (χ4v) is 4.51. The molecule has 188 valence electrons. The molecule has 0 nitrogen and oxygen atoms in total. The third-order valence-corrected chi connectivity index (χ3v) is 6.00. The SMILES string of the molecule is Fc1ccc(-c2c3ccccc3c(-c3c(F)c(F)c(C(F)(F)F)c(F)c3F)c3c(F)cccc23)cc1F. The Bertz CT molecular complexity index is 1710. The Morgan fingerprint density at radius 3 is 1.59 bits per heavy atom. The lowest BCUT2D eigenvalue weighted by molar-refractivity contribution is -0.143. The molecule has 0 spiro atoms. The number of fused-ring (bicyclic) bond motifs is 2. The van der Waals surface area contributed by atoms with Crippen molar-refractivity contribution in [3.8, 4) is 22.3 Å². The number of rotatable bonds is 2. The molecule has 0 N–H and O–H groups in total. The molecule has 0 aliphatic rings. The zero-order valence-electron chi connectivity index (χ0n) is 18.1. The summed E-state index contributed by atoms with van der Waals surface area (Å²) in [4.78, 5) is 0. The first-order chi connectivity index (χ1) is 17.4. The summed E-state index contributed by atoms with van der Waals surface area (Å²) >= 11 is 0. The van der Waals surface area contributed by atoms with Crippen LogP contribution in [0.5, 0.6) is 0 Å². The van der Waals surface area contributed by atoms with E-state index in [0.717, 1.165) is 18.2 Å². The highest BCUT2D eigenvalue weighted by molar-refractivity contribution is 6.21. The fourth-order valence-electron chi connectivity index (χ4n) is 4.51. The quantitative estimate of drug-likeness (QED) is 0.123.